The molecule has 0 spiro atoms. The Morgan fingerprint density at radius 2 is 1.75 bits per heavy atom. The minimum absolute atomic E-state index is 0.211. The normalized spacial score (nSPS) is 11.3. The number of aromatic amines is 1. The summed E-state index contributed by atoms with van der Waals surface area (Å²) in [7, 11) is 1.50. The second-order valence-electron chi connectivity index (χ2n) is 5.24. The molecule has 4 aromatic rings. The van der Waals surface area contributed by atoms with Crippen molar-refractivity contribution in [2.75, 3.05) is 0 Å². The van der Waals surface area contributed by atoms with Gasteiger partial charge in [0.15, 0.2) is 11.6 Å². The van der Waals surface area contributed by atoms with Crippen molar-refractivity contribution in [3.8, 4) is 22.8 Å². The van der Waals surface area contributed by atoms with Crippen LogP contribution < -0.4 is 5.76 Å². The number of hydrogen-bond acceptors (Lipinski definition) is 4. The van der Waals surface area contributed by atoms with Crippen LogP contribution >= 0.6 is 0 Å². The van der Waals surface area contributed by atoms with E-state index >= 15 is 0 Å². The SMILES string of the molecule is Cn1nc(-c2ccc(-c3nc4cc(F)c(F)cc4[nH]3)cc2)oc1=O. The number of halogens is 2. The second kappa shape index (κ2) is 5.12. The van der Waals surface area contributed by atoms with Crippen molar-refractivity contribution >= 4 is 11.0 Å². The smallest absolute Gasteiger partial charge is 0.388 e. The van der Waals surface area contributed by atoms with Crippen LogP contribution in [0.2, 0.25) is 0 Å². The number of nitrogens with one attached hydrogen (secondary N) is 1. The molecule has 8 heteroatoms. The zero-order valence-electron chi connectivity index (χ0n) is 12.4. The van der Waals surface area contributed by atoms with Crippen molar-refractivity contribution in [2.24, 2.45) is 7.05 Å². The predicted octanol–water partition coefficient (Wildman–Crippen LogP) is 2.86. The molecule has 0 saturated carbocycles. The van der Waals surface area contributed by atoms with Crippen molar-refractivity contribution in [2.45, 2.75) is 0 Å². The molecule has 0 fully saturated rings. The van der Waals surface area contributed by atoms with Crippen LogP contribution in [0.25, 0.3) is 33.9 Å². The lowest BCUT2D eigenvalue weighted by molar-refractivity contribution is 0.505. The highest BCUT2D eigenvalue weighted by molar-refractivity contribution is 5.79. The maximum Gasteiger partial charge on any atom is 0.437 e. The predicted molar refractivity (Wildman–Crippen MR) is 82.2 cm³/mol. The summed E-state index contributed by atoms with van der Waals surface area (Å²) in [5.74, 6) is -1.73. The number of rotatable bonds is 2. The van der Waals surface area contributed by atoms with Crippen molar-refractivity contribution in [1.29, 1.82) is 0 Å². The van der Waals surface area contributed by atoms with Gasteiger partial charge >= 0.3 is 5.76 Å². The number of nitrogens with zero attached hydrogens (tertiary/aromatic N) is 3. The molecule has 24 heavy (non-hydrogen) atoms. The molecule has 0 aliphatic rings. The first kappa shape index (κ1) is 14.3. The van der Waals surface area contributed by atoms with E-state index in [4.69, 9.17) is 4.42 Å². The van der Waals surface area contributed by atoms with Crippen LogP contribution in [0.15, 0.2) is 45.6 Å². The monoisotopic (exact) mass is 328 g/mol. The zero-order valence-corrected chi connectivity index (χ0v) is 12.4. The fourth-order valence-electron chi connectivity index (χ4n) is 2.38. The number of aromatic nitrogens is 4. The van der Waals surface area contributed by atoms with Gasteiger partial charge in [0, 0.05) is 30.3 Å². The average molecular weight is 328 g/mol. The van der Waals surface area contributed by atoms with Crippen LogP contribution in [0.5, 0.6) is 0 Å². The minimum atomic E-state index is -0.943. The van der Waals surface area contributed by atoms with Gasteiger partial charge in [-0.25, -0.2) is 18.6 Å². The molecular weight excluding hydrogens is 318 g/mol. The quantitative estimate of drug-likeness (QED) is 0.614. The van der Waals surface area contributed by atoms with Gasteiger partial charge in [-0.1, -0.05) is 12.1 Å². The van der Waals surface area contributed by atoms with Crippen LogP contribution in [-0.2, 0) is 7.05 Å². The number of H-pyrrole nitrogens is 1. The van der Waals surface area contributed by atoms with E-state index < -0.39 is 17.4 Å². The van der Waals surface area contributed by atoms with Gasteiger partial charge in [0.1, 0.15) is 5.82 Å². The third-order valence-corrected chi connectivity index (χ3v) is 3.62. The first-order valence-electron chi connectivity index (χ1n) is 7.01. The Labute approximate surface area is 133 Å². The lowest BCUT2D eigenvalue weighted by Gasteiger charge is -1.98. The molecule has 0 amide bonds. The van der Waals surface area contributed by atoms with Gasteiger partial charge in [-0.05, 0) is 12.1 Å². The van der Waals surface area contributed by atoms with Gasteiger partial charge in [0.05, 0.1) is 11.0 Å². The summed E-state index contributed by atoms with van der Waals surface area (Å²) in [6.07, 6.45) is 0. The topological polar surface area (TPSA) is 76.7 Å². The van der Waals surface area contributed by atoms with Gasteiger partial charge in [0.25, 0.3) is 0 Å². The fraction of sp³-hybridized carbons (Fsp3) is 0.0625. The van der Waals surface area contributed by atoms with E-state index in [2.05, 4.69) is 15.1 Å². The number of fused-ring (bicyclic) bond motifs is 1. The lowest BCUT2D eigenvalue weighted by Crippen LogP contribution is -2.09. The van der Waals surface area contributed by atoms with Crippen LogP contribution in [0, 0.1) is 11.6 Å². The highest BCUT2D eigenvalue weighted by Crippen LogP contribution is 2.24. The van der Waals surface area contributed by atoms with Crippen LogP contribution in [0.4, 0.5) is 8.78 Å². The Morgan fingerprint density at radius 3 is 2.42 bits per heavy atom. The first-order valence-corrected chi connectivity index (χ1v) is 7.01. The largest absolute Gasteiger partial charge is 0.437 e. The molecule has 0 bridgehead atoms. The minimum Gasteiger partial charge on any atom is -0.388 e. The van der Waals surface area contributed by atoms with Crippen molar-refractivity contribution in [1.82, 2.24) is 19.7 Å². The maximum atomic E-state index is 13.3. The standard InChI is InChI=1S/C16H10F2N4O2/c1-22-16(23)24-15(21-22)9-4-2-8(3-5-9)14-19-12-6-10(17)11(18)7-13(12)20-14/h2-7H,1H3,(H,19,20). The van der Waals surface area contributed by atoms with Crippen molar-refractivity contribution in [3.63, 3.8) is 0 Å². The molecule has 120 valence electrons. The van der Waals surface area contributed by atoms with Crippen LogP contribution in [0.1, 0.15) is 0 Å². The summed E-state index contributed by atoms with van der Waals surface area (Å²) < 4.78 is 32.6. The number of imidazole rings is 1. The zero-order chi connectivity index (χ0) is 16.8. The molecular formula is C16H10F2N4O2. The molecule has 4 rings (SSSR count). The second-order valence-corrected chi connectivity index (χ2v) is 5.24. The Balaban J connectivity index is 1.73. The summed E-state index contributed by atoms with van der Waals surface area (Å²) in [4.78, 5) is 18.5. The highest BCUT2D eigenvalue weighted by atomic mass is 19.2. The summed E-state index contributed by atoms with van der Waals surface area (Å²) >= 11 is 0. The van der Waals surface area contributed by atoms with Crippen molar-refractivity contribution in [3.05, 3.63) is 58.6 Å². The molecule has 0 aliphatic carbocycles. The summed E-state index contributed by atoms with van der Waals surface area (Å²) in [6.45, 7) is 0. The van der Waals surface area contributed by atoms with Crippen LogP contribution in [0.3, 0.4) is 0 Å². The van der Waals surface area contributed by atoms with Gasteiger partial charge in [0.2, 0.25) is 5.89 Å². The van der Waals surface area contributed by atoms with E-state index in [-0.39, 0.29) is 5.89 Å². The van der Waals surface area contributed by atoms with Gasteiger partial charge in [-0.15, -0.1) is 5.10 Å². The van der Waals surface area contributed by atoms with Gasteiger partial charge in [-0.2, -0.15) is 4.68 Å². The van der Waals surface area contributed by atoms with E-state index in [1.165, 1.54) is 7.05 Å². The number of aryl methyl sites for hydroxylation is 1. The number of benzene rings is 2. The Morgan fingerprint density at radius 1 is 1.08 bits per heavy atom. The molecule has 0 saturated heterocycles. The molecule has 2 aromatic heterocycles. The Hall–Kier alpha value is -3.29. The van der Waals surface area contributed by atoms with Crippen molar-refractivity contribution < 1.29 is 13.2 Å². The van der Waals surface area contributed by atoms with Gasteiger partial charge < -0.3 is 9.40 Å². The van der Waals surface area contributed by atoms with E-state index in [9.17, 15) is 13.6 Å². The molecule has 0 atom stereocenters. The molecule has 2 aromatic carbocycles. The molecule has 1 N–H and O–H groups in total. The Bertz CT molecular complexity index is 1070. The maximum absolute atomic E-state index is 13.3. The van der Waals surface area contributed by atoms with E-state index in [0.717, 1.165) is 16.8 Å². The van der Waals surface area contributed by atoms with E-state index in [0.29, 0.717) is 28.0 Å². The average Bonchev–Trinajstić information content (AvgIpc) is 3.12. The highest BCUT2D eigenvalue weighted by Gasteiger charge is 2.11. The third kappa shape index (κ3) is 2.28. The van der Waals surface area contributed by atoms with E-state index in [1.54, 1.807) is 24.3 Å². The molecule has 0 aliphatic heterocycles. The molecule has 0 unspecified atom stereocenters. The summed E-state index contributed by atoms with van der Waals surface area (Å²) in [6, 6.07) is 9.03. The molecule has 0 radical (unpaired) electrons. The summed E-state index contributed by atoms with van der Waals surface area (Å²) in [5, 5.41) is 3.97. The first-order chi connectivity index (χ1) is 11.5. The molecule has 6 nitrogen and oxygen atoms in total. The molecule has 2 heterocycles. The fourth-order valence-corrected chi connectivity index (χ4v) is 2.38. The van der Waals surface area contributed by atoms with Gasteiger partial charge in [-0.3, -0.25) is 0 Å². The van der Waals surface area contributed by atoms with E-state index in [1.807, 2.05) is 0 Å². The third-order valence-electron chi connectivity index (χ3n) is 3.62. The number of hydrogen-bond donors (Lipinski definition) is 1. The lowest BCUT2D eigenvalue weighted by atomic mass is 10.1. The summed E-state index contributed by atoms with van der Waals surface area (Å²) in [5.41, 5.74) is 2.09. The Kier molecular flexibility index (Phi) is 3.05. The van der Waals surface area contributed by atoms with Crippen LogP contribution in [-0.4, -0.2) is 19.7 Å².